The zero-order valence-corrected chi connectivity index (χ0v) is 19.9. The van der Waals surface area contributed by atoms with Crippen molar-refractivity contribution in [3.05, 3.63) is 53.2 Å². The molecular weight excluding hydrogens is 438 g/mol. The van der Waals surface area contributed by atoms with Gasteiger partial charge in [0.25, 0.3) is 5.91 Å². The Hall–Kier alpha value is -4.06. The maximum atomic E-state index is 12.6. The summed E-state index contributed by atoms with van der Waals surface area (Å²) < 4.78 is 15.7. The molecule has 2 amide bonds. The van der Waals surface area contributed by atoms with Gasteiger partial charge in [0.05, 0.1) is 13.5 Å². The molecular formula is C25H29N3O6. The van der Waals surface area contributed by atoms with E-state index in [-0.39, 0.29) is 13.0 Å². The fourth-order valence-corrected chi connectivity index (χ4v) is 2.81. The summed E-state index contributed by atoms with van der Waals surface area (Å²) in [4.78, 5) is 40.3. The van der Waals surface area contributed by atoms with Crippen molar-refractivity contribution in [3.8, 4) is 24.0 Å². The molecule has 0 spiro atoms. The number of pyridine rings is 1. The van der Waals surface area contributed by atoms with Crippen LogP contribution in [0.2, 0.25) is 0 Å². The van der Waals surface area contributed by atoms with Gasteiger partial charge < -0.3 is 24.8 Å². The fourth-order valence-electron chi connectivity index (χ4n) is 2.81. The number of esters is 1. The third-order valence-electron chi connectivity index (χ3n) is 4.25. The van der Waals surface area contributed by atoms with E-state index in [4.69, 9.17) is 15.9 Å². The number of nitrogens with one attached hydrogen (secondary N) is 2. The van der Waals surface area contributed by atoms with E-state index in [1.807, 2.05) is 6.07 Å². The SMILES string of the molecule is C#C[C@H](CC(=O)OC)NC(=O)c1cccc(Oc2cc(CNC(=O)OC(C)(C)C)cc(C)n2)c1. The topological polar surface area (TPSA) is 116 Å². The van der Waals surface area contributed by atoms with Crippen LogP contribution in [-0.4, -0.2) is 41.7 Å². The highest BCUT2D eigenvalue weighted by atomic mass is 16.6. The highest BCUT2D eigenvalue weighted by Crippen LogP contribution is 2.22. The second-order valence-corrected chi connectivity index (χ2v) is 8.41. The molecule has 0 aliphatic carbocycles. The van der Waals surface area contributed by atoms with Crippen LogP contribution in [0.3, 0.4) is 0 Å². The number of hydrogen-bond acceptors (Lipinski definition) is 7. The predicted octanol–water partition coefficient (Wildman–Crippen LogP) is 3.50. The van der Waals surface area contributed by atoms with Crippen LogP contribution in [0.1, 0.15) is 48.8 Å². The second kappa shape index (κ2) is 11.7. The van der Waals surface area contributed by atoms with Gasteiger partial charge >= 0.3 is 12.1 Å². The zero-order valence-electron chi connectivity index (χ0n) is 19.9. The van der Waals surface area contributed by atoms with Gasteiger partial charge in [-0.2, -0.15) is 0 Å². The van der Waals surface area contributed by atoms with Gasteiger partial charge in [0.15, 0.2) is 0 Å². The smallest absolute Gasteiger partial charge is 0.407 e. The Morgan fingerprint density at radius 2 is 1.91 bits per heavy atom. The monoisotopic (exact) mass is 467 g/mol. The van der Waals surface area contributed by atoms with Crippen LogP contribution in [0.15, 0.2) is 36.4 Å². The lowest BCUT2D eigenvalue weighted by molar-refractivity contribution is -0.140. The maximum absolute atomic E-state index is 12.6. The summed E-state index contributed by atoms with van der Waals surface area (Å²) in [5.41, 5.74) is 1.15. The minimum Gasteiger partial charge on any atom is -0.469 e. The van der Waals surface area contributed by atoms with Crippen molar-refractivity contribution in [2.45, 2.75) is 52.3 Å². The first-order valence-corrected chi connectivity index (χ1v) is 10.5. The zero-order chi connectivity index (χ0) is 25.3. The standard InChI is InChI=1S/C25H29N3O6/c1-7-19(14-22(29)32-6)28-23(30)18-9-8-10-20(13-18)33-21-12-17(11-16(2)27-21)15-26-24(31)34-25(3,4)5/h1,8-13,19H,14-15H2,2-6H3,(H,26,31)(H,28,30)/t19-/m1/s1. The van der Waals surface area contributed by atoms with Crippen LogP contribution in [-0.2, 0) is 20.8 Å². The number of hydrogen-bond donors (Lipinski definition) is 2. The normalized spacial score (nSPS) is 11.5. The molecule has 0 aliphatic rings. The van der Waals surface area contributed by atoms with Crippen molar-refractivity contribution in [2.24, 2.45) is 0 Å². The number of alkyl carbamates (subject to hydrolysis) is 1. The molecule has 1 atom stereocenters. The van der Waals surface area contributed by atoms with Crippen LogP contribution in [0.4, 0.5) is 4.79 Å². The fraction of sp³-hybridized carbons (Fsp3) is 0.360. The van der Waals surface area contributed by atoms with Gasteiger partial charge in [-0.15, -0.1) is 6.42 Å². The molecule has 2 aromatic rings. The molecule has 180 valence electrons. The van der Waals surface area contributed by atoms with Crippen molar-refractivity contribution in [2.75, 3.05) is 7.11 Å². The first-order chi connectivity index (χ1) is 16.0. The van der Waals surface area contributed by atoms with E-state index in [2.05, 4.69) is 26.3 Å². The molecule has 2 N–H and O–H groups in total. The number of ether oxygens (including phenoxy) is 3. The van der Waals surface area contributed by atoms with Gasteiger partial charge in [-0.3, -0.25) is 9.59 Å². The van der Waals surface area contributed by atoms with Crippen LogP contribution < -0.4 is 15.4 Å². The Morgan fingerprint density at radius 3 is 2.56 bits per heavy atom. The van der Waals surface area contributed by atoms with Crippen LogP contribution >= 0.6 is 0 Å². The number of aryl methyl sites for hydroxylation is 1. The molecule has 9 heteroatoms. The number of carbonyl (C=O) groups is 3. The number of terminal acetylenes is 1. The van der Waals surface area contributed by atoms with Gasteiger partial charge in [-0.1, -0.05) is 12.0 Å². The van der Waals surface area contributed by atoms with Crippen molar-refractivity contribution >= 4 is 18.0 Å². The summed E-state index contributed by atoms with van der Waals surface area (Å²) in [5, 5.41) is 5.29. The molecule has 0 saturated carbocycles. The number of aromatic nitrogens is 1. The Kier molecular flexibility index (Phi) is 9.01. The highest BCUT2D eigenvalue weighted by molar-refractivity contribution is 5.95. The van der Waals surface area contributed by atoms with Crippen LogP contribution in [0.5, 0.6) is 11.6 Å². The van der Waals surface area contributed by atoms with Gasteiger partial charge in [0.1, 0.15) is 17.4 Å². The van der Waals surface area contributed by atoms with E-state index in [0.717, 1.165) is 5.56 Å². The number of amides is 2. The summed E-state index contributed by atoms with van der Waals surface area (Å²) in [5.74, 6) is 2.04. The van der Waals surface area contributed by atoms with Crippen molar-refractivity contribution in [3.63, 3.8) is 0 Å². The predicted molar refractivity (Wildman–Crippen MR) is 125 cm³/mol. The average Bonchev–Trinajstić information content (AvgIpc) is 2.75. The van der Waals surface area contributed by atoms with E-state index in [1.165, 1.54) is 13.2 Å². The largest absolute Gasteiger partial charge is 0.469 e. The van der Waals surface area contributed by atoms with Crippen LogP contribution in [0.25, 0.3) is 0 Å². The first kappa shape index (κ1) is 26.2. The Labute approximate surface area is 199 Å². The average molecular weight is 468 g/mol. The minimum absolute atomic E-state index is 0.137. The molecule has 0 bridgehead atoms. The van der Waals surface area contributed by atoms with Gasteiger partial charge in [-0.25, -0.2) is 9.78 Å². The number of nitrogens with zero attached hydrogens (tertiary/aromatic N) is 1. The molecule has 34 heavy (non-hydrogen) atoms. The molecule has 0 fully saturated rings. The Balaban J connectivity index is 2.08. The molecule has 0 unspecified atom stereocenters. The summed E-state index contributed by atoms with van der Waals surface area (Å²) in [6.45, 7) is 7.39. The number of benzene rings is 1. The van der Waals surface area contributed by atoms with E-state index in [1.54, 1.807) is 52.0 Å². The molecule has 9 nitrogen and oxygen atoms in total. The lowest BCUT2D eigenvalue weighted by atomic mass is 10.1. The van der Waals surface area contributed by atoms with E-state index >= 15 is 0 Å². The molecule has 0 radical (unpaired) electrons. The molecule has 0 saturated heterocycles. The summed E-state index contributed by atoms with van der Waals surface area (Å²) in [7, 11) is 1.25. The van der Waals surface area contributed by atoms with Gasteiger partial charge in [0.2, 0.25) is 5.88 Å². The third kappa shape index (κ3) is 8.82. The van der Waals surface area contributed by atoms with Crippen LogP contribution in [0, 0.1) is 19.3 Å². The van der Waals surface area contributed by atoms with Crippen molar-refractivity contribution in [1.29, 1.82) is 0 Å². The van der Waals surface area contributed by atoms with E-state index in [0.29, 0.717) is 22.9 Å². The van der Waals surface area contributed by atoms with E-state index in [9.17, 15) is 14.4 Å². The van der Waals surface area contributed by atoms with E-state index < -0.39 is 29.6 Å². The third-order valence-corrected chi connectivity index (χ3v) is 4.25. The summed E-state index contributed by atoms with van der Waals surface area (Å²) in [6.07, 6.45) is 4.73. The van der Waals surface area contributed by atoms with Crippen molar-refractivity contribution < 1.29 is 28.6 Å². The lowest BCUT2D eigenvalue weighted by Gasteiger charge is -2.19. The first-order valence-electron chi connectivity index (χ1n) is 10.5. The maximum Gasteiger partial charge on any atom is 0.407 e. The molecule has 1 aromatic heterocycles. The van der Waals surface area contributed by atoms with Crippen molar-refractivity contribution in [1.82, 2.24) is 15.6 Å². The molecule has 2 rings (SSSR count). The highest BCUT2D eigenvalue weighted by Gasteiger charge is 2.17. The lowest BCUT2D eigenvalue weighted by Crippen LogP contribution is -2.35. The number of carbonyl (C=O) groups excluding carboxylic acids is 3. The molecule has 1 heterocycles. The second-order valence-electron chi connectivity index (χ2n) is 8.41. The minimum atomic E-state index is -0.803. The quantitative estimate of drug-likeness (QED) is 0.451. The number of rotatable bonds is 8. The van der Waals surface area contributed by atoms with Gasteiger partial charge in [0, 0.05) is 23.9 Å². The molecule has 0 aliphatic heterocycles. The summed E-state index contributed by atoms with van der Waals surface area (Å²) in [6, 6.07) is 9.14. The number of methoxy groups -OCH3 is 1. The Bertz CT molecular complexity index is 1080. The van der Waals surface area contributed by atoms with Gasteiger partial charge in [-0.05, 0) is 57.5 Å². The summed E-state index contributed by atoms with van der Waals surface area (Å²) >= 11 is 0. The molecule has 1 aromatic carbocycles. The Morgan fingerprint density at radius 1 is 1.18 bits per heavy atom.